The molecular formula is C16H22N4OS2. The molecule has 0 saturated heterocycles. The van der Waals surface area contributed by atoms with E-state index in [1.165, 1.54) is 0 Å². The van der Waals surface area contributed by atoms with Crippen molar-refractivity contribution in [2.24, 2.45) is 10.7 Å². The lowest BCUT2D eigenvalue weighted by atomic mass is 10.3. The molecular weight excluding hydrogens is 328 g/mol. The van der Waals surface area contributed by atoms with Crippen LogP contribution in [-0.4, -0.2) is 29.3 Å². The summed E-state index contributed by atoms with van der Waals surface area (Å²) >= 11 is 3.41. The van der Waals surface area contributed by atoms with Crippen LogP contribution in [0.5, 0.6) is 5.75 Å². The van der Waals surface area contributed by atoms with Crippen LogP contribution in [0.4, 0.5) is 5.69 Å². The van der Waals surface area contributed by atoms with Crippen LogP contribution in [0.1, 0.15) is 20.3 Å². The molecule has 1 aromatic heterocycles. The normalized spacial score (nSPS) is 11.7. The minimum atomic E-state index is 0.169. The molecule has 0 radical (unpaired) electrons. The Bertz CT molecular complexity index is 597. The Morgan fingerprint density at radius 3 is 2.83 bits per heavy atom. The first-order valence-corrected chi connectivity index (χ1v) is 9.36. The van der Waals surface area contributed by atoms with Crippen molar-refractivity contribution in [3.63, 3.8) is 0 Å². The smallest absolute Gasteiger partial charge is 0.193 e. The van der Waals surface area contributed by atoms with Gasteiger partial charge < -0.3 is 15.8 Å². The van der Waals surface area contributed by atoms with E-state index in [2.05, 4.69) is 15.3 Å². The van der Waals surface area contributed by atoms with Crippen LogP contribution in [0.2, 0.25) is 0 Å². The van der Waals surface area contributed by atoms with E-state index in [0.29, 0.717) is 12.5 Å². The number of aliphatic imine (C=N–C) groups is 1. The zero-order valence-electron chi connectivity index (χ0n) is 13.4. The Kier molecular flexibility index (Phi) is 7.22. The number of nitrogens with zero attached hydrogens (tertiary/aromatic N) is 2. The number of thiazole rings is 1. The van der Waals surface area contributed by atoms with Crippen molar-refractivity contribution in [1.29, 1.82) is 0 Å². The highest BCUT2D eigenvalue weighted by atomic mass is 32.2. The van der Waals surface area contributed by atoms with E-state index in [1.807, 2.05) is 49.7 Å². The summed E-state index contributed by atoms with van der Waals surface area (Å²) in [6, 6.07) is 7.69. The molecule has 0 bridgehead atoms. The largest absolute Gasteiger partial charge is 0.491 e. The summed E-state index contributed by atoms with van der Waals surface area (Å²) in [4.78, 5) is 8.56. The predicted octanol–water partition coefficient (Wildman–Crippen LogP) is 3.84. The third-order valence-corrected chi connectivity index (χ3v) is 4.77. The Morgan fingerprint density at radius 1 is 1.39 bits per heavy atom. The lowest BCUT2D eigenvalue weighted by Crippen LogP contribution is -2.22. The van der Waals surface area contributed by atoms with Gasteiger partial charge in [-0.15, -0.1) is 11.3 Å². The summed E-state index contributed by atoms with van der Waals surface area (Å²) in [5.41, 5.74) is 6.79. The van der Waals surface area contributed by atoms with E-state index in [0.717, 1.165) is 28.0 Å². The van der Waals surface area contributed by atoms with Crippen LogP contribution in [0, 0.1) is 0 Å². The van der Waals surface area contributed by atoms with Gasteiger partial charge in [-0.1, -0.05) is 11.8 Å². The molecule has 0 amide bonds. The molecule has 7 heteroatoms. The summed E-state index contributed by atoms with van der Waals surface area (Å²) in [7, 11) is 0. The molecule has 3 N–H and O–H groups in total. The second-order valence-corrected chi connectivity index (χ2v) is 7.32. The molecule has 0 aliphatic rings. The highest BCUT2D eigenvalue weighted by Gasteiger charge is 2.00. The number of hydrogen-bond donors (Lipinski definition) is 2. The summed E-state index contributed by atoms with van der Waals surface area (Å²) < 4.78 is 6.70. The molecule has 1 aromatic carbocycles. The summed E-state index contributed by atoms with van der Waals surface area (Å²) in [6.07, 6.45) is 2.96. The second kappa shape index (κ2) is 9.42. The number of guanidine groups is 1. The molecule has 0 saturated carbocycles. The van der Waals surface area contributed by atoms with Gasteiger partial charge in [0.05, 0.1) is 6.10 Å². The molecule has 0 unspecified atom stereocenters. The molecule has 5 nitrogen and oxygen atoms in total. The van der Waals surface area contributed by atoms with Gasteiger partial charge in [-0.25, -0.2) is 4.98 Å². The van der Waals surface area contributed by atoms with E-state index in [4.69, 9.17) is 10.5 Å². The maximum atomic E-state index is 5.89. The number of hydrogen-bond acceptors (Lipinski definition) is 5. The lowest BCUT2D eigenvalue weighted by molar-refractivity contribution is 0.242. The van der Waals surface area contributed by atoms with Crippen molar-refractivity contribution in [3.05, 3.63) is 35.8 Å². The highest BCUT2D eigenvalue weighted by Crippen LogP contribution is 2.20. The monoisotopic (exact) mass is 350 g/mol. The topological polar surface area (TPSA) is 72.5 Å². The van der Waals surface area contributed by atoms with Gasteiger partial charge >= 0.3 is 0 Å². The van der Waals surface area contributed by atoms with E-state index in [9.17, 15) is 0 Å². The van der Waals surface area contributed by atoms with Gasteiger partial charge in [-0.3, -0.25) is 4.99 Å². The zero-order chi connectivity index (χ0) is 16.5. The third-order valence-electron chi connectivity index (χ3n) is 2.72. The van der Waals surface area contributed by atoms with Crippen molar-refractivity contribution in [3.8, 4) is 5.75 Å². The molecule has 0 fully saturated rings. The Balaban J connectivity index is 1.69. The zero-order valence-corrected chi connectivity index (χ0v) is 15.0. The van der Waals surface area contributed by atoms with Crippen molar-refractivity contribution >= 4 is 34.7 Å². The number of nitrogens with one attached hydrogen (secondary N) is 1. The van der Waals surface area contributed by atoms with E-state index in [-0.39, 0.29) is 6.10 Å². The fourth-order valence-electron chi connectivity index (χ4n) is 1.78. The first-order valence-electron chi connectivity index (χ1n) is 7.49. The van der Waals surface area contributed by atoms with Crippen molar-refractivity contribution in [2.45, 2.75) is 30.7 Å². The number of thioether (sulfide) groups is 1. The Morgan fingerprint density at radius 2 is 2.17 bits per heavy atom. The average molecular weight is 351 g/mol. The molecule has 2 rings (SSSR count). The van der Waals surface area contributed by atoms with Crippen molar-refractivity contribution < 1.29 is 4.74 Å². The van der Waals surface area contributed by atoms with Crippen LogP contribution < -0.4 is 15.8 Å². The first-order chi connectivity index (χ1) is 11.1. The Labute approximate surface area is 145 Å². The fraction of sp³-hybridized carbons (Fsp3) is 0.375. The van der Waals surface area contributed by atoms with Gasteiger partial charge in [0.2, 0.25) is 0 Å². The third kappa shape index (κ3) is 6.92. The first kappa shape index (κ1) is 17.6. The minimum Gasteiger partial charge on any atom is -0.491 e. The standard InChI is InChI=1S/C16H22N4OS2/c1-12(2)21-14-6-4-13(5-7-14)20-15(17)18-8-3-10-22-16-19-9-11-23-16/h4-7,9,11-12H,3,8,10H2,1-2H3,(H3,17,18,20). The summed E-state index contributed by atoms with van der Waals surface area (Å²) in [5, 5.41) is 5.07. The van der Waals surface area contributed by atoms with Gasteiger partial charge in [-0.2, -0.15) is 0 Å². The molecule has 0 aliphatic carbocycles. The van der Waals surface area contributed by atoms with Gasteiger partial charge in [0.15, 0.2) is 5.96 Å². The number of ether oxygens (including phenoxy) is 1. The molecule has 0 atom stereocenters. The van der Waals surface area contributed by atoms with Gasteiger partial charge in [0.25, 0.3) is 0 Å². The maximum absolute atomic E-state index is 5.89. The molecule has 1 heterocycles. The minimum absolute atomic E-state index is 0.169. The second-order valence-electron chi connectivity index (χ2n) is 5.08. The maximum Gasteiger partial charge on any atom is 0.193 e. The lowest BCUT2D eigenvalue weighted by Gasteiger charge is -2.10. The van der Waals surface area contributed by atoms with Crippen LogP contribution in [0.15, 0.2) is 45.2 Å². The molecule has 0 spiro atoms. The SMILES string of the molecule is CC(C)Oc1ccc(NC(N)=NCCCSc2nccs2)cc1. The molecule has 124 valence electrons. The molecule has 23 heavy (non-hydrogen) atoms. The summed E-state index contributed by atoms with van der Waals surface area (Å²) in [6.45, 7) is 4.71. The predicted molar refractivity (Wildman–Crippen MR) is 99.8 cm³/mol. The Hall–Kier alpha value is -1.73. The van der Waals surface area contributed by atoms with E-state index >= 15 is 0 Å². The molecule has 0 aliphatic heterocycles. The van der Waals surface area contributed by atoms with Crippen molar-refractivity contribution in [1.82, 2.24) is 4.98 Å². The van der Waals surface area contributed by atoms with Crippen molar-refractivity contribution in [2.75, 3.05) is 17.6 Å². The highest BCUT2D eigenvalue weighted by molar-refractivity contribution is 8.00. The van der Waals surface area contributed by atoms with Crippen LogP contribution in [0.25, 0.3) is 0 Å². The number of rotatable bonds is 8. The number of nitrogens with two attached hydrogens (primary N) is 1. The van der Waals surface area contributed by atoms with Gasteiger partial charge in [-0.05, 0) is 44.5 Å². The number of benzene rings is 1. The van der Waals surface area contributed by atoms with Gasteiger partial charge in [0, 0.05) is 29.6 Å². The van der Waals surface area contributed by atoms with E-state index in [1.54, 1.807) is 23.1 Å². The number of aromatic nitrogens is 1. The van der Waals surface area contributed by atoms with Crippen LogP contribution >= 0.6 is 23.1 Å². The van der Waals surface area contributed by atoms with Crippen LogP contribution in [0.3, 0.4) is 0 Å². The van der Waals surface area contributed by atoms with Crippen LogP contribution in [-0.2, 0) is 0 Å². The average Bonchev–Trinajstić information content (AvgIpc) is 3.02. The quantitative estimate of drug-likeness (QED) is 0.327. The van der Waals surface area contributed by atoms with Gasteiger partial charge in [0.1, 0.15) is 10.1 Å². The number of anilines is 1. The fourth-order valence-corrected chi connectivity index (χ4v) is 3.41. The summed E-state index contributed by atoms with van der Waals surface area (Å²) in [5.74, 6) is 2.27. The van der Waals surface area contributed by atoms with E-state index < -0.39 is 0 Å². The molecule has 2 aromatic rings.